The number of anilines is 4. The smallest absolute Gasteiger partial charge is 0.255 e. The summed E-state index contributed by atoms with van der Waals surface area (Å²) in [6, 6.07) is 14.7. The second kappa shape index (κ2) is 11.8. The van der Waals surface area contributed by atoms with Gasteiger partial charge in [-0.1, -0.05) is 17.7 Å². The summed E-state index contributed by atoms with van der Waals surface area (Å²) in [5, 5.41) is 7.03. The number of hydrogen-bond donors (Lipinski definition) is 2. The second-order valence-corrected chi connectivity index (χ2v) is 10.8. The van der Waals surface area contributed by atoms with E-state index in [1.54, 1.807) is 37.1 Å². The highest BCUT2D eigenvalue weighted by molar-refractivity contribution is 6.33. The fourth-order valence-corrected chi connectivity index (χ4v) is 5.35. The highest BCUT2D eigenvalue weighted by Crippen LogP contribution is 2.34. The lowest BCUT2D eigenvalue weighted by Gasteiger charge is -2.23. The number of nitrogens with one attached hydrogen (secondary N) is 2. The van der Waals surface area contributed by atoms with E-state index in [0.717, 1.165) is 54.0 Å². The van der Waals surface area contributed by atoms with Gasteiger partial charge >= 0.3 is 0 Å². The average molecular weight is 583 g/mol. The molecule has 0 saturated carbocycles. The molecule has 1 unspecified atom stereocenters. The third-order valence-corrected chi connectivity index (χ3v) is 7.65. The maximum Gasteiger partial charge on any atom is 0.255 e. The molecule has 2 N–H and O–H groups in total. The van der Waals surface area contributed by atoms with Crippen molar-refractivity contribution >= 4 is 51.6 Å². The number of hydrogen-bond acceptors (Lipinski definition) is 8. The Morgan fingerprint density at radius 3 is 2.76 bits per heavy atom. The molecule has 11 heteroatoms. The number of pyridine rings is 1. The highest BCUT2D eigenvalue weighted by Gasteiger charge is 2.22. The maximum absolute atomic E-state index is 13.1. The molecule has 0 aliphatic carbocycles. The van der Waals surface area contributed by atoms with Gasteiger partial charge in [0.1, 0.15) is 29.6 Å². The Kier molecular flexibility index (Phi) is 7.73. The van der Waals surface area contributed by atoms with Gasteiger partial charge in [-0.3, -0.25) is 9.36 Å². The quantitative estimate of drug-likeness (QED) is 0.220. The van der Waals surface area contributed by atoms with E-state index < -0.39 is 0 Å². The first-order chi connectivity index (χ1) is 20.4. The van der Waals surface area contributed by atoms with Crippen LogP contribution < -0.4 is 15.5 Å². The van der Waals surface area contributed by atoms with E-state index in [0.29, 0.717) is 33.3 Å². The van der Waals surface area contributed by atoms with Gasteiger partial charge in [0.05, 0.1) is 17.0 Å². The Balaban J connectivity index is 1.29. The van der Waals surface area contributed by atoms with Crippen LogP contribution in [0.1, 0.15) is 41.4 Å². The van der Waals surface area contributed by atoms with Crippen LogP contribution in [0.4, 0.5) is 22.9 Å². The number of rotatable bonds is 7. The monoisotopic (exact) mass is 582 g/mol. The minimum atomic E-state index is -0.232. The molecule has 1 aliphatic heterocycles. The molecule has 1 fully saturated rings. The summed E-state index contributed by atoms with van der Waals surface area (Å²) >= 11 is 6.29. The molecule has 1 saturated heterocycles. The summed E-state index contributed by atoms with van der Waals surface area (Å²) in [6.45, 7) is 2.72. The number of ether oxygens (including phenoxy) is 1. The van der Waals surface area contributed by atoms with Crippen LogP contribution >= 0.6 is 11.6 Å². The molecule has 10 nitrogen and oxygen atoms in total. The minimum Gasteiger partial charge on any atom is -0.376 e. The Morgan fingerprint density at radius 2 is 1.95 bits per heavy atom. The zero-order chi connectivity index (χ0) is 29.2. The molecule has 0 radical (unpaired) electrons. The molecular weight excluding hydrogens is 552 g/mol. The highest BCUT2D eigenvalue weighted by atomic mass is 35.5. The van der Waals surface area contributed by atoms with Crippen LogP contribution in [0.3, 0.4) is 0 Å². The first-order valence-corrected chi connectivity index (χ1v) is 14.2. The lowest BCUT2D eigenvalue weighted by molar-refractivity contribution is -0.0298. The zero-order valence-electron chi connectivity index (χ0n) is 23.6. The number of nitrogens with zero attached hydrogens (tertiary/aromatic N) is 6. The Hall–Kier alpha value is -4.54. The first-order valence-electron chi connectivity index (χ1n) is 13.8. The Labute approximate surface area is 248 Å². The normalized spacial score (nSPS) is 15.0. The fourth-order valence-electron chi connectivity index (χ4n) is 5.06. The summed E-state index contributed by atoms with van der Waals surface area (Å²) < 4.78 is 7.97. The lowest BCUT2D eigenvalue weighted by Crippen LogP contribution is -2.17. The molecule has 214 valence electrons. The lowest BCUT2D eigenvalue weighted by atomic mass is 10.1. The number of amides is 1. The molecule has 5 aromatic rings. The molecular formula is C31H31ClN8O2. The molecule has 0 bridgehead atoms. The predicted molar refractivity (Wildman–Crippen MR) is 166 cm³/mol. The van der Waals surface area contributed by atoms with Gasteiger partial charge in [-0.25, -0.2) is 19.9 Å². The SMILES string of the molecule is Cc1ccc(NC(=O)c2ccc(Cl)c(N(C)C)c2)cc1Nc1ncccc1-c1ncnc2c1ncn2C1CCCCO1. The van der Waals surface area contributed by atoms with Crippen molar-refractivity contribution in [1.82, 2.24) is 24.5 Å². The average Bonchev–Trinajstić information content (AvgIpc) is 3.44. The molecule has 1 amide bonds. The first kappa shape index (κ1) is 27.6. The van der Waals surface area contributed by atoms with Crippen LogP contribution in [0.5, 0.6) is 0 Å². The van der Waals surface area contributed by atoms with Crippen LogP contribution in [0.25, 0.3) is 22.4 Å². The van der Waals surface area contributed by atoms with Crippen LogP contribution in [0, 0.1) is 6.92 Å². The van der Waals surface area contributed by atoms with E-state index in [2.05, 4.69) is 30.6 Å². The topological polar surface area (TPSA) is 110 Å². The molecule has 2 aromatic carbocycles. The zero-order valence-corrected chi connectivity index (χ0v) is 24.4. The Morgan fingerprint density at radius 1 is 1.07 bits per heavy atom. The van der Waals surface area contributed by atoms with E-state index in [1.807, 2.05) is 60.8 Å². The van der Waals surface area contributed by atoms with Crippen molar-refractivity contribution in [2.75, 3.05) is 36.2 Å². The number of aromatic nitrogens is 5. The number of aryl methyl sites for hydroxylation is 1. The number of carbonyl (C=O) groups excluding carboxylic acids is 1. The van der Waals surface area contributed by atoms with Gasteiger partial charge in [0.15, 0.2) is 5.65 Å². The molecule has 4 heterocycles. The largest absolute Gasteiger partial charge is 0.376 e. The van der Waals surface area contributed by atoms with E-state index in [-0.39, 0.29) is 12.1 Å². The van der Waals surface area contributed by atoms with Crippen LogP contribution in [-0.4, -0.2) is 51.1 Å². The van der Waals surface area contributed by atoms with Gasteiger partial charge < -0.3 is 20.3 Å². The number of benzene rings is 2. The molecule has 6 rings (SSSR count). The summed E-state index contributed by atoms with van der Waals surface area (Å²) in [5.74, 6) is 0.380. The van der Waals surface area contributed by atoms with Crippen molar-refractivity contribution in [1.29, 1.82) is 0 Å². The molecule has 0 spiro atoms. The van der Waals surface area contributed by atoms with E-state index in [1.165, 1.54) is 0 Å². The maximum atomic E-state index is 13.1. The Bertz CT molecular complexity index is 1760. The van der Waals surface area contributed by atoms with Gasteiger partial charge in [-0.15, -0.1) is 0 Å². The van der Waals surface area contributed by atoms with E-state index in [9.17, 15) is 4.79 Å². The summed E-state index contributed by atoms with van der Waals surface area (Å²) in [6.07, 6.45) is 8.07. The fraction of sp³-hybridized carbons (Fsp3) is 0.258. The summed E-state index contributed by atoms with van der Waals surface area (Å²) in [7, 11) is 3.77. The van der Waals surface area contributed by atoms with Crippen LogP contribution in [-0.2, 0) is 4.74 Å². The summed E-state index contributed by atoms with van der Waals surface area (Å²) in [5.41, 5.74) is 6.56. The van der Waals surface area contributed by atoms with Crippen molar-refractivity contribution < 1.29 is 9.53 Å². The van der Waals surface area contributed by atoms with Gasteiger partial charge in [-0.2, -0.15) is 0 Å². The third kappa shape index (κ3) is 5.50. The van der Waals surface area contributed by atoms with E-state index in [4.69, 9.17) is 16.3 Å². The molecule has 1 aliphatic rings. The van der Waals surface area contributed by atoms with Crippen molar-refractivity contribution in [3.05, 3.63) is 83.5 Å². The number of fused-ring (bicyclic) bond motifs is 1. The van der Waals surface area contributed by atoms with Crippen molar-refractivity contribution in [2.45, 2.75) is 32.4 Å². The predicted octanol–water partition coefficient (Wildman–Crippen LogP) is 6.61. The van der Waals surface area contributed by atoms with Crippen molar-refractivity contribution in [3.63, 3.8) is 0 Å². The molecule has 3 aromatic heterocycles. The second-order valence-electron chi connectivity index (χ2n) is 10.4. The molecule has 1 atom stereocenters. The van der Waals surface area contributed by atoms with Crippen molar-refractivity contribution in [2.24, 2.45) is 0 Å². The van der Waals surface area contributed by atoms with Crippen LogP contribution in [0.2, 0.25) is 5.02 Å². The minimum absolute atomic E-state index is 0.0825. The van der Waals surface area contributed by atoms with E-state index >= 15 is 0 Å². The molecule has 42 heavy (non-hydrogen) atoms. The summed E-state index contributed by atoms with van der Waals surface area (Å²) in [4.78, 5) is 33.4. The third-order valence-electron chi connectivity index (χ3n) is 7.33. The van der Waals surface area contributed by atoms with Gasteiger partial charge in [-0.05, 0) is 74.2 Å². The van der Waals surface area contributed by atoms with Gasteiger partial charge in [0.25, 0.3) is 5.91 Å². The van der Waals surface area contributed by atoms with Crippen molar-refractivity contribution in [3.8, 4) is 11.3 Å². The number of halogens is 1. The van der Waals surface area contributed by atoms with Gasteiger partial charge in [0, 0.05) is 49.4 Å². The number of carbonyl (C=O) groups is 1. The number of imidazole rings is 1. The van der Waals surface area contributed by atoms with Gasteiger partial charge in [0.2, 0.25) is 0 Å². The van der Waals surface area contributed by atoms with Crippen LogP contribution in [0.15, 0.2) is 67.4 Å². The standard InChI is InChI=1S/C31H31ClN8O2/c1-19-9-11-21(37-31(41)20-10-12-23(32)25(15-20)39(2)3)16-24(19)38-29-22(7-6-13-33-29)27-28-30(35-17-34-27)40(18-36-28)26-8-4-5-14-42-26/h6-7,9-13,15-18,26H,4-5,8,14H2,1-3H3,(H,33,38)(H,37,41).